The van der Waals surface area contributed by atoms with Crippen LogP contribution in [0.2, 0.25) is 0 Å². The molecular weight excluding hydrogens is 256 g/mol. The quantitative estimate of drug-likeness (QED) is 0.674. The Hall–Kier alpha value is -2.63. The second-order valence-corrected chi connectivity index (χ2v) is 4.60. The topological polar surface area (TPSA) is 61.5 Å². The van der Waals surface area contributed by atoms with E-state index in [0.717, 1.165) is 22.6 Å². The molecule has 0 amide bonds. The molecule has 0 atom stereocenters. The van der Waals surface area contributed by atoms with E-state index in [0.29, 0.717) is 24.8 Å². The molecule has 0 saturated heterocycles. The third-order valence-electron chi connectivity index (χ3n) is 3.18. The van der Waals surface area contributed by atoms with Crippen LogP contribution in [0.5, 0.6) is 11.5 Å². The summed E-state index contributed by atoms with van der Waals surface area (Å²) >= 11 is 0. The lowest BCUT2D eigenvalue weighted by Gasteiger charge is -2.18. The van der Waals surface area contributed by atoms with Crippen molar-refractivity contribution in [2.75, 3.05) is 13.2 Å². The number of aryl methyl sites for hydroxylation is 1. The fraction of sp³-hybridized carbons (Fsp3) is 0.214. The van der Waals surface area contributed by atoms with E-state index in [1.54, 1.807) is 10.7 Å². The Bertz CT molecular complexity index is 797. The van der Waals surface area contributed by atoms with Crippen LogP contribution in [-0.4, -0.2) is 32.8 Å². The van der Waals surface area contributed by atoms with Gasteiger partial charge in [-0.1, -0.05) is 6.07 Å². The van der Waals surface area contributed by atoms with Gasteiger partial charge < -0.3 is 9.47 Å². The van der Waals surface area contributed by atoms with E-state index in [1.807, 2.05) is 31.3 Å². The van der Waals surface area contributed by atoms with E-state index >= 15 is 0 Å². The van der Waals surface area contributed by atoms with Crippen LogP contribution in [0.3, 0.4) is 0 Å². The fourth-order valence-electron chi connectivity index (χ4n) is 2.26. The molecule has 0 fully saturated rings. The summed E-state index contributed by atoms with van der Waals surface area (Å²) in [4.78, 5) is 8.52. The minimum atomic E-state index is 0.579. The Morgan fingerprint density at radius 3 is 2.85 bits per heavy atom. The third kappa shape index (κ3) is 1.77. The lowest BCUT2D eigenvalue weighted by Crippen LogP contribution is -2.15. The highest BCUT2D eigenvalue weighted by Gasteiger charge is 2.13. The maximum Gasteiger partial charge on any atom is 0.252 e. The van der Waals surface area contributed by atoms with E-state index in [1.165, 1.54) is 0 Å². The molecule has 3 heterocycles. The van der Waals surface area contributed by atoms with Crippen LogP contribution in [0.15, 0.2) is 30.6 Å². The zero-order valence-electron chi connectivity index (χ0n) is 10.9. The Morgan fingerprint density at radius 1 is 1.10 bits per heavy atom. The Balaban J connectivity index is 1.81. The van der Waals surface area contributed by atoms with Crippen molar-refractivity contribution in [1.29, 1.82) is 0 Å². The van der Waals surface area contributed by atoms with E-state index in [-0.39, 0.29) is 0 Å². The largest absolute Gasteiger partial charge is 0.486 e. The van der Waals surface area contributed by atoms with Gasteiger partial charge in [0.15, 0.2) is 11.5 Å². The maximum absolute atomic E-state index is 5.60. The predicted octanol–water partition coefficient (Wildman–Crippen LogP) is 1.87. The van der Waals surface area contributed by atoms with Crippen LogP contribution in [0.4, 0.5) is 0 Å². The first kappa shape index (κ1) is 11.2. The molecule has 0 aliphatic carbocycles. The third-order valence-corrected chi connectivity index (χ3v) is 3.18. The monoisotopic (exact) mass is 268 g/mol. The van der Waals surface area contributed by atoms with Gasteiger partial charge in [0.1, 0.15) is 19.0 Å². The van der Waals surface area contributed by atoms with Gasteiger partial charge in [0, 0.05) is 18.0 Å². The molecule has 0 unspecified atom stereocenters. The SMILES string of the molecule is Cc1nc2ncc(-c3ccc4c(c3)OCCO4)cn2n1. The normalized spacial score (nSPS) is 13.7. The summed E-state index contributed by atoms with van der Waals surface area (Å²) in [5, 5.41) is 4.27. The molecule has 0 saturated carbocycles. The molecule has 2 aromatic heterocycles. The van der Waals surface area contributed by atoms with Crippen molar-refractivity contribution in [2.45, 2.75) is 6.92 Å². The molecule has 1 aliphatic heterocycles. The minimum Gasteiger partial charge on any atom is -0.486 e. The molecule has 0 N–H and O–H groups in total. The zero-order valence-corrected chi connectivity index (χ0v) is 10.9. The predicted molar refractivity (Wildman–Crippen MR) is 71.9 cm³/mol. The number of benzene rings is 1. The van der Waals surface area contributed by atoms with E-state index < -0.39 is 0 Å². The van der Waals surface area contributed by atoms with Gasteiger partial charge >= 0.3 is 0 Å². The molecule has 1 aromatic carbocycles. The molecule has 100 valence electrons. The van der Waals surface area contributed by atoms with Crippen molar-refractivity contribution < 1.29 is 9.47 Å². The van der Waals surface area contributed by atoms with Crippen molar-refractivity contribution in [3.05, 3.63) is 36.4 Å². The molecule has 6 heteroatoms. The number of fused-ring (bicyclic) bond motifs is 2. The van der Waals surface area contributed by atoms with Gasteiger partial charge in [-0.25, -0.2) is 9.50 Å². The van der Waals surface area contributed by atoms with Gasteiger partial charge in [-0.05, 0) is 24.6 Å². The summed E-state index contributed by atoms with van der Waals surface area (Å²) < 4.78 is 12.8. The molecule has 1 aliphatic rings. The highest BCUT2D eigenvalue weighted by atomic mass is 16.6. The second kappa shape index (κ2) is 4.19. The van der Waals surface area contributed by atoms with Gasteiger partial charge in [0.25, 0.3) is 5.78 Å². The molecule has 0 radical (unpaired) electrons. The van der Waals surface area contributed by atoms with Crippen LogP contribution in [0.25, 0.3) is 16.9 Å². The Morgan fingerprint density at radius 2 is 1.95 bits per heavy atom. The van der Waals surface area contributed by atoms with Crippen molar-refractivity contribution in [1.82, 2.24) is 19.6 Å². The summed E-state index contributed by atoms with van der Waals surface area (Å²) in [6.45, 7) is 3.02. The lowest BCUT2D eigenvalue weighted by molar-refractivity contribution is 0.171. The lowest BCUT2D eigenvalue weighted by atomic mass is 10.1. The molecule has 20 heavy (non-hydrogen) atoms. The van der Waals surface area contributed by atoms with Crippen LogP contribution >= 0.6 is 0 Å². The van der Waals surface area contributed by atoms with Crippen molar-refractivity contribution in [3.63, 3.8) is 0 Å². The number of hydrogen-bond donors (Lipinski definition) is 0. The van der Waals surface area contributed by atoms with Crippen molar-refractivity contribution in [2.24, 2.45) is 0 Å². The number of hydrogen-bond acceptors (Lipinski definition) is 5. The van der Waals surface area contributed by atoms with Crippen LogP contribution in [-0.2, 0) is 0 Å². The summed E-state index contributed by atoms with van der Waals surface area (Å²) in [6.07, 6.45) is 3.70. The highest BCUT2D eigenvalue weighted by molar-refractivity contribution is 5.66. The molecule has 0 spiro atoms. The van der Waals surface area contributed by atoms with Crippen molar-refractivity contribution >= 4 is 5.78 Å². The minimum absolute atomic E-state index is 0.579. The van der Waals surface area contributed by atoms with E-state index in [9.17, 15) is 0 Å². The number of rotatable bonds is 1. The average molecular weight is 268 g/mol. The molecular formula is C14H12N4O2. The summed E-state index contributed by atoms with van der Waals surface area (Å²) in [5.74, 6) is 2.86. The standard InChI is InChI=1S/C14H12N4O2/c1-9-16-14-15-7-11(8-18(14)17-9)10-2-3-12-13(6-10)20-5-4-19-12/h2-3,6-8H,4-5H2,1H3. The van der Waals surface area contributed by atoms with E-state index in [2.05, 4.69) is 15.1 Å². The first-order chi connectivity index (χ1) is 9.79. The molecule has 6 nitrogen and oxygen atoms in total. The Kier molecular flexibility index (Phi) is 2.35. The van der Waals surface area contributed by atoms with Gasteiger partial charge in [-0.15, -0.1) is 0 Å². The van der Waals surface area contributed by atoms with E-state index in [4.69, 9.17) is 9.47 Å². The highest BCUT2D eigenvalue weighted by Crippen LogP contribution is 2.34. The number of nitrogens with zero attached hydrogens (tertiary/aromatic N) is 4. The smallest absolute Gasteiger partial charge is 0.252 e. The van der Waals surface area contributed by atoms with Crippen molar-refractivity contribution in [3.8, 4) is 22.6 Å². The first-order valence-electron chi connectivity index (χ1n) is 6.39. The number of ether oxygens (including phenoxy) is 2. The first-order valence-corrected chi connectivity index (χ1v) is 6.39. The Labute approximate surface area is 115 Å². The zero-order chi connectivity index (χ0) is 13.5. The van der Waals surface area contributed by atoms with Gasteiger partial charge in [-0.3, -0.25) is 0 Å². The molecule has 4 rings (SSSR count). The molecule has 3 aromatic rings. The summed E-state index contributed by atoms with van der Waals surface area (Å²) in [7, 11) is 0. The van der Waals surface area contributed by atoms with Gasteiger partial charge in [-0.2, -0.15) is 10.1 Å². The fourth-order valence-corrected chi connectivity index (χ4v) is 2.26. The molecule has 0 bridgehead atoms. The average Bonchev–Trinajstić information content (AvgIpc) is 2.85. The van der Waals surface area contributed by atoms with Crippen LogP contribution in [0.1, 0.15) is 5.82 Å². The second-order valence-electron chi connectivity index (χ2n) is 4.60. The van der Waals surface area contributed by atoms with Gasteiger partial charge in [0.2, 0.25) is 0 Å². The summed E-state index contributed by atoms with van der Waals surface area (Å²) in [5.41, 5.74) is 1.97. The maximum atomic E-state index is 5.60. The van der Waals surface area contributed by atoms with Crippen LogP contribution in [0, 0.1) is 6.92 Å². The van der Waals surface area contributed by atoms with Crippen LogP contribution < -0.4 is 9.47 Å². The number of aromatic nitrogens is 4. The van der Waals surface area contributed by atoms with Gasteiger partial charge in [0.05, 0.1) is 0 Å². The summed E-state index contributed by atoms with van der Waals surface area (Å²) in [6, 6.07) is 5.86.